The summed E-state index contributed by atoms with van der Waals surface area (Å²) in [5.41, 5.74) is 7.51. The number of methoxy groups -OCH3 is 2. The molecule has 0 aliphatic carbocycles. The van der Waals surface area contributed by atoms with Gasteiger partial charge < -0.3 is 20.5 Å². The van der Waals surface area contributed by atoms with E-state index < -0.39 is 0 Å². The number of ether oxygens (including phenoxy) is 2. The molecule has 0 bridgehead atoms. The van der Waals surface area contributed by atoms with E-state index in [1.54, 1.807) is 25.3 Å². The molecule has 0 amide bonds. The largest absolute Gasteiger partial charge is 0.465 e. The van der Waals surface area contributed by atoms with E-state index in [1.165, 1.54) is 7.11 Å². The van der Waals surface area contributed by atoms with Gasteiger partial charge in [0.05, 0.1) is 24.0 Å². The lowest BCUT2D eigenvalue weighted by molar-refractivity contribution is 0.0602. The Kier molecular flexibility index (Phi) is 6.00. The Labute approximate surface area is 107 Å². The van der Waals surface area contributed by atoms with Crippen molar-refractivity contribution in [3.63, 3.8) is 0 Å². The van der Waals surface area contributed by atoms with Crippen molar-refractivity contribution in [3.8, 4) is 0 Å². The summed E-state index contributed by atoms with van der Waals surface area (Å²) in [7, 11) is 3.03. The molecular formula is C13H20N2O3. The first-order valence-electron chi connectivity index (χ1n) is 5.90. The van der Waals surface area contributed by atoms with E-state index >= 15 is 0 Å². The van der Waals surface area contributed by atoms with Crippen molar-refractivity contribution in [1.29, 1.82) is 0 Å². The summed E-state index contributed by atoms with van der Waals surface area (Å²) in [6.07, 6.45) is 1.91. The Balaban J connectivity index is 2.65. The van der Waals surface area contributed by atoms with E-state index in [0.29, 0.717) is 16.9 Å². The van der Waals surface area contributed by atoms with Crippen LogP contribution in [0.1, 0.15) is 23.2 Å². The van der Waals surface area contributed by atoms with Gasteiger partial charge in [-0.3, -0.25) is 0 Å². The van der Waals surface area contributed by atoms with Crippen LogP contribution in [0.25, 0.3) is 0 Å². The molecule has 0 aromatic heterocycles. The fourth-order valence-electron chi connectivity index (χ4n) is 1.63. The third-order valence-corrected chi connectivity index (χ3v) is 2.58. The lowest BCUT2D eigenvalue weighted by atomic mass is 10.1. The van der Waals surface area contributed by atoms with Gasteiger partial charge in [0, 0.05) is 20.3 Å². The molecule has 3 N–H and O–H groups in total. The average Bonchev–Trinajstić information content (AvgIpc) is 2.39. The molecule has 100 valence electrons. The van der Waals surface area contributed by atoms with Gasteiger partial charge in [-0.1, -0.05) is 6.07 Å². The number of unbranched alkanes of at least 4 members (excludes halogenated alkanes) is 1. The van der Waals surface area contributed by atoms with Gasteiger partial charge in [-0.25, -0.2) is 4.79 Å². The number of benzene rings is 1. The van der Waals surface area contributed by atoms with Crippen LogP contribution in [0.3, 0.4) is 0 Å². The molecule has 0 radical (unpaired) electrons. The highest BCUT2D eigenvalue weighted by Crippen LogP contribution is 2.24. The van der Waals surface area contributed by atoms with Gasteiger partial charge in [-0.05, 0) is 25.0 Å². The molecule has 1 rings (SSSR count). The first-order valence-corrected chi connectivity index (χ1v) is 5.90. The molecule has 0 aliphatic rings. The zero-order valence-corrected chi connectivity index (χ0v) is 10.9. The van der Waals surface area contributed by atoms with Crippen molar-refractivity contribution < 1.29 is 14.3 Å². The zero-order valence-electron chi connectivity index (χ0n) is 10.9. The van der Waals surface area contributed by atoms with Gasteiger partial charge in [0.15, 0.2) is 0 Å². The second kappa shape index (κ2) is 7.55. The van der Waals surface area contributed by atoms with E-state index in [9.17, 15) is 4.79 Å². The summed E-state index contributed by atoms with van der Waals surface area (Å²) in [6, 6.07) is 5.18. The Hall–Kier alpha value is -1.75. The van der Waals surface area contributed by atoms with E-state index in [1.807, 2.05) is 0 Å². The van der Waals surface area contributed by atoms with Crippen molar-refractivity contribution in [1.82, 2.24) is 0 Å². The summed E-state index contributed by atoms with van der Waals surface area (Å²) < 4.78 is 9.69. The molecule has 0 fully saturated rings. The number of carbonyl (C=O) groups is 1. The van der Waals surface area contributed by atoms with Crippen molar-refractivity contribution in [2.24, 2.45) is 0 Å². The van der Waals surface area contributed by atoms with E-state index in [2.05, 4.69) is 5.32 Å². The molecule has 0 saturated carbocycles. The number of nitrogen functional groups attached to an aromatic ring is 1. The fourth-order valence-corrected chi connectivity index (χ4v) is 1.63. The minimum Gasteiger partial charge on any atom is -0.465 e. The van der Waals surface area contributed by atoms with Crippen LogP contribution in [0.15, 0.2) is 18.2 Å². The Morgan fingerprint density at radius 3 is 2.78 bits per heavy atom. The zero-order chi connectivity index (χ0) is 13.4. The number of anilines is 2. The fraction of sp³-hybridized carbons (Fsp3) is 0.462. The number of nitrogens with two attached hydrogens (primary N) is 1. The second-order valence-electron chi connectivity index (χ2n) is 3.89. The Morgan fingerprint density at radius 1 is 1.33 bits per heavy atom. The van der Waals surface area contributed by atoms with Crippen LogP contribution >= 0.6 is 0 Å². The van der Waals surface area contributed by atoms with Crippen molar-refractivity contribution in [2.45, 2.75) is 12.8 Å². The Morgan fingerprint density at radius 2 is 2.11 bits per heavy atom. The van der Waals surface area contributed by atoms with Crippen LogP contribution in [0.2, 0.25) is 0 Å². The average molecular weight is 252 g/mol. The van der Waals surface area contributed by atoms with Gasteiger partial charge >= 0.3 is 5.97 Å². The van der Waals surface area contributed by atoms with Crippen molar-refractivity contribution in [3.05, 3.63) is 23.8 Å². The molecule has 0 atom stereocenters. The van der Waals surface area contributed by atoms with Crippen LogP contribution in [0, 0.1) is 0 Å². The predicted octanol–water partition coefficient (Wildman–Crippen LogP) is 1.89. The highest BCUT2D eigenvalue weighted by atomic mass is 16.5. The van der Waals surface area contributed by atoms with E-state index in [0.717, 1.165) is 26.0 Å². The lowest BCUT2D eigenvalue weighted by Crippen LogP contribution is -2.11. The molecule has 1 aromatic carbocycles. The van der Waals surface area contributed by atoms with Crippen LogP contribution in [-0.2, 0) is 9.47 Å². The molecule has 5 heteroatoms. The number of carbonyl (C=O) groups excluding carboxylic acids is 1. The molecule has 5 nitrogen and oxygen atoms in total. The van der Waals surface area contributed by atoms with E-state index in [-0.39, 0.29) is 5.97 Å². The van der Waals surface area contributed by atoms with E-state index in [4.69, 9.17) is 15.2 Å². The van der Waals surface area contributed by atoms with Crippen LogP contribution in [0.4, 0.5) is 11.4 Å². The SMILES string of the molecule is COCCCCNc1c(N)cccc1C(=O)OC. The monoisotopic (exact) mass is 252 g/mol. The standard InChI is InChI=1S/C13H20N2O3/c1-17-9-4-3-8-15-12-10(13(16)18-2)6-5-7-11(12)14/h5-7,15H,3-4,8-9,14H2,1-2H3. The summed E-state index contributed by atoms with van der Waals surface area (Å²) >= 11 is 0. The van der Waals surface area contributed by atoms with Crippen molar-refractivity contribution >= 4 is 17.3 Å². The van der Waals surface area contributed by atoms with Crippen LogP contribution in [-0.4, -0.2) is 33.3 Å². The highest BCUT2D eigenvalue weighted by molar-refractivity contribution is 5.98. The third kappa shape index (κ3) is 3.92. The van der Waals surface area contributed by atoms with Crippen LogP contribution in [0.5, 0.6) is 0 Å². The summed E-state index contributed by atoms with van der Waals surface area (Å²) in [6.45, 7) is 1.47. The molecule has 0 saturated heterocycles. The van der Waals surface area contributed by atoms with Gasteiger partial charge in [0.1, 0.15) is 0 Å². The van der Waals surface area contributed by atoms with Gasteiger partial charge in [-0.15, -0.1) is 0 Å². The number of rotatable bonds is 7. The molecule has 0 unspecified atom stereocenters. The number of hydrogen-bond donors (Lipinski definition) is 2. The number of nitrogens with one attached hydrogen (secondary N) is 1. The van der Waals surface area contributed by atoms with Gasteiger partial charge in [0.25, 0.3) is 0 Å². The van der Waals surface area contributed by atoms with Crippen LogP contribution < -0.4 is 11.1 Å². The third-order valence-electron chi connectivity index (χ3n) is 2.58. The molecule has 0 aliphatic heterocycles. The maximum absolute atomic E-state index is 11.6. The van der Waals surface area contributed by atoms with Gasteiger partial charge in [0.2, 0.25) is 0 Å². The summed E-state index contributed by atoms with van der Waals surface area (Å²) in [4.78, 5) is 11.6. The highest BCUT2D eigenvalue weighted by Gasteiger charge is 2.13. The topological polar surface area (TPSA) is 73.6 Å². The maximum atomic E-state index is 11.6. The maximum Gasteiger partial charge on any atom is 0.340 e. The van der Waals surface area contributed by atoms with Crippen molar-refractivity contribution in [2.75, 3.05) is 38.4 Å². The summed E-state index contributed by atoms with van der Waals surface area (Å²) in [5, 5.41) is 3.17. The number of hydrogen-bond acceptors (Lipinski definition) is 5. The molecule has 1 aromatic rings. The Bertz CT molecular complexity index is 394. The summed E-state index contributed by atoms with van der Waals surface area (Å²) in [5.74, 6) is -0.387. The van der Waals surface area contributed by atoms with Gasteiger partial charge in [-0.2, -0.15) is 0 Å². The lowest BCUT2D eigenvalue weighted by Gasteiger charge is -2.13. The second-order valence-corrected chi connectivity index (χ2v) is 3.89. The molecule has 0 heterocycles. The quantitative estimate of drug-likeness (QED) is 0.440. The first kappa shape index (κ1) is 14.3. The predicted molar refractivity (Wildman–Crippen MR) is 71.8 cm³/mol. The minimum atomic E-state index is -0.387. The first-order chi connectivity index (χ1) is 8.70. The molecule has 18 heavy (non-hydrogen) atoms. The smallest absolute Gasteiger partial charge is 0.340 e. The minimum absolute atomic E-state index is 0.387. The normalized spacial score (nSPS) is 10.1. The molecule has 0 spiro atoms. The number of esters is 1. The molecular weight excluding hydrogens is 232 g/mol. The number of para-hydroxylation sites is 1.